The molecule has 0 aliphatic carbocycles. The van der Waals surface area contributed by atoms with Gasteiger partial charge in [0, 0.05) is 31.8 Å². The van der Waals surface area contributed by atoms with Crippen LogP contribution in [0.4, 0.5) is 13.2 Å². The van der Waals surface area contributed by atoms with Crippen LogP contribution >= 0.6 is 0 Å². The van der Waals surface area contributed by atoms with Crippen LogP contribution < -0.4 is 5.32 Å². The summed E-state index contributed by atoms with van der Waals surface area (Å²) in [4.78, 5) is 1.71. The SMILES string of the molecule is COC(c1ccc(F)c(F)c1F)N1CC(O)([C@@H]2CCCCN2)C1. The van der Waals surface area contributed by atoms with Gasteiger partial charge in [-0.05, 0) is 31.5 Å². The summed E-state index contributed by atoms with van der Waals surface area (Å²) in [6, 6.07) is 2.06. The van der Waals surface area contributed by atoms with E-state index in [1.165, 1.54) is 13.2 Å². The number of ether oxygens (including phenoxy) is 1. The highest BCUT2D eigenvalue weighted by atomic mass is 19.2. The number of nitrogens with one attached hydrogen (secondary N) is 1. The van der Waals surface area contributed by atoms with E-state index in [0.717, 1.165) is 31.9 Å². The number of benzene rings is 1. The lowest BCUT2D eigenvalue weighted by molar-refractivity contribution is -0.188. The van der Waals surface area contributed by atoms with Crippen LogP contribution in [0.2, 0.25) is 0 Å². The number of rotatable bonds is 4. The average Bonchev–Trinajstić information content (AvgIpc) is 2.54. The second-order valence-corrected chi connectivity index (χ2v) is 6.36. The Hall–Kier alpha value is -1.15. The molecule has 1 unspecified atom stereocenters. The Kier molecular flexibility index (Phi) is 4.64. The van der Waals surface area contributed by atoms with Gasteiger partial charge in [0.25, 0.3) is 0 Å². The average molecular weight is 330 g/mol. The van der Waals surface area contributed by atoms with Crippen molar-refractivity contribution in [1.82, 2.24) is 10.2 Å². The molecule has 0 saturated carbocycles. The minimum atomic E-state index is -1.51. The lowest BCUT2D eigenvalue weighted by atomic mass is 9.81. The summed E-state index contributed by atoms with van der Waals surface area (Å²) >= 11 is 0. The monoisotopic (exact) mass is 330 g/mol. The van der Waals surface area contributed by atoms with E-state index in [9.17, 15) is 18.3 Å². The van der Waals surface area contributed by atoms with Crippen LogP contribution in [0.15, 0.2) is 12.1 Å². The molecule has 2 aliphatic rings. The summed E-state index contributed by atoms with van der Waals surface area (Å²) in [5, 5.41) is 14.0. The van der Waals surface area contributed by atoms with Gasteiger partial charge in [-0.25, -0.2) is 13.2 Å². The fourth-order valence-corrected chi connectivity index (χ4v) is 3.56. The Bertz CT molecular complexity index is 573. The van der Waals surface area contributed by atoms with Crippen molar-refractivity contribution in [3.8, 4) is 0 Å². The number of β-amino-alcohol motifs (C(OH)–C–C–N with tert-alkyl or cyclic N) is 1. The molecular weight excluding hydrogens is 309 g/mol. The van der Waals surface area contributed by atoms with E-state index in [2.05, 4.69) is 5.32 Å². The lowest BCUT2D eigenvalue weighted by Crippen LogP contribution is -2.71. The third kappa shape index (κ3) is 2.98. The first kappa shape index (κ1) is 16.7. The van der Waals surface area contributed by atoms with Crippen molar-refractivity contribution in [3.05, 3.63) is 35.1 Å². The van der Waals surface area contributed by atoms with Crippen molar-refractivity contribution >= 4 is 0 Å². The van der Waals surface area contributed by atoms with Gasteiger partial charge in [-0.3, -0.25) is 4.90 Å². The maximum atomic E-state index is 14.0. The van der Waals surface area contributed by atoms with E-state index in [0.29, 0.717) is 13.1 Å². The van der Waals surface area contributed by atoms with Crippen LogP contribution in [0.5, 0.6) is 0 Å². The summed E-state index contributed by atoms with van der Waals surface area (Å²) < 4.78 is 45.7. The molecule has 7 heteroatoms. The first-order chi connectivity index (χ1) is 11.0. The zero-order valence-electron chi connectivity index (χ0n) is 13.0. The normalized spacial score (nSPS) is 25.9. The van der Waals surface area contributed by atoms with E-state index in [-0.39, 0.29) is 11.6 Å². The van der Waals surface area contributed by atoms with Gasteiger partial charge in [-0.1, -0.05) is 6.42 Å². The molecule has 2 N–H and O–H groups in total. The van der Waals surface area contributed by atoms with Crippen molar-refractivity contribution in [2.75, 3.05) is 26.7 Å². The first-order valence-corrected chi connectivity index (χ1v) is 7.82. The van der Waals surface area contributed by atoms with Crippen LogP contribution in [0.1, 0.15) is 31.1 Å². The maximum Gasteiger partial charge on any atom is 0.194 e. The van der Waals surface area contributed by atoms with Crippen LogP contribution in [0.3, 0.4) is 0 Å². The summed E-state index contributed by atoms with van der Waals surface area (Å²) in [5.74, 6) is -3.98. The molecule has 0 amide bonds. The van der Waals surface area contributed by atoms with Crippen molar-refractivity contribution in [3.63, 3.8) is 0 Å². The molecule has 0 bridgehead atoms. The smallest absolute Gasteiger partial charge is 0.194 e. The summed E-state index contributed by atoms with van der Waals surface area (Å²) in [6.45, 7) is 1.46. The highest BCUT2D eigenvalue weighted by Crippen LogP contribution is 2.36. The second-order valence-electron chi connectivity index (χ2n) is 6.36. The number of hydrogen-bond acceptors (Lipinski definition) is 4. The Morgan fingerprint density at radius 1 is 1.26 bits per heavy atom. The molecule has 4 nitrogen and oxygen atoms in total. The van der Waals surface area contributed by atoms with Crippen molar-refractivity contribution < 1.29 is 23.0 Å². The van der Waals surface area contributed by atoms with Gasteiger partial charge in [0.05, 0.1) is 0 Å². The number of halogens is 3. The zero-order valence-corrected chi connectivity index (χ0v) is 13.0. The Morgan fingerprint density at radius 2 is 2.00 bits per heavy atom. The first-order valence-electron chi connectivity index (χ1n) is 7.82. The quantitative estimate of drug-likeness (QED) is 0.828. The van der Waals surface area contributed by atoms with E-state index >= 15 is 0 Å². The van der Waals surface area contributed by atoms with Crippen LogP contribution in [0, 0.1) is 17.5 Å². The summed E-state index contributed by atoms with van der Waals surface area (Å²) in [5.41, 5.74) is -0.961. The predicted molar refractivity (Wildman–Crippen MR) is 78.2 cm³/mol. The van der Waals surface area contributed by atoms with Gasteiger partial charge in [0.1, 0.15) is 11.8 Å². The van der Waals surface area contributed by atoms with Crippen molar-refractivity contribution in [1.29, 1.82) is 0 Å². The van der Waals surface area contributed by atoms with Crippen LogP contribution in [0.25, 0.3) is 0 Å². The molecule has 2 saturated heterocycles. The third-order valence-electron chi connectivity index (χ3n) is 4.80. The van der Waals surface area contributed by atoms with Gasteiger partial charge < -0.3 is 15.2 Å². The third-order valence-corrected chi connectivity index (χ3v) is 4.80. The van der Waals surface area contributed by atoms with Gasteiger partial charge in [0.15, 0.2) is 17.5 Å². The topological polar surface area (TPSA) is 44.7 Å². The number of methoxy groups -OCH3 is 1. The largest absolute Gasteiger partial charge is 0.386 e. The molecule has 0 aromatic heterocycles. The molecule has 3 rings (SSSR count). The van der Waals surface area contributed by atoms with E-state index < -0.39 is 29.3 Å². The van der Waals surface area contributed by atoms with Crippen LogP contribution in [-0.2, 0) is 4.74 Å². The molecule has 1 aromatic rings. The van der Waals surface area contributed by atoms with E-state index in [1.54, 1.807) is 4.90 Å². The molecule has 128 valence electrons. The Balaban J connectivity index is 1.73. The molecule has 2 heterocycles. The number of aliphatic hydroxyl groups is 1. The fourth-order valence-electron chi connectivity index (χ4n) is 3.56. The minimum absolute atomic E-state index is 0.000179. The van der Waals surface area contributed by atoms with Gasteiger partial charge in [0.2, 0.25) is 0 Å². The molecule has 2 fully saturated rings. The van der Waals surface area contributed by atoms with E-state index in [4.69, 9.17) is 4.74 Å². The molecule has 0 radical (unpaired) electrons. The molecule has 0 spiro atoms. The number of likely N-dealkylation sites (tertiary alicyclic amines) is 1. The molecular formula is C16H21F3N2O2. The highest BCUT2D eigenvalue weighted by molar-refractivity contribution is 5.24. The number of nitrogens with zero attached hydrogens (tertiary/aromatic N) is 1. The zero-order chi connectivity index (χ0) is 16.6. The van der Waals surface area contributed by atoms with Crippen LogP contribution in [-0.4, -0.2) is 48.4 Å². The number of piperidine rings is 1. The molecule has 2 aliphatic heterocycles. The van der Waals surface area contributed by atoms with E-state index in [1.807, 2.05) is 0 Å². The highest BCUT2D eigenvalue weighted by Gasteiger charge is 2.50. The van der Waals surface area contributed by atoms with Gasteiger partial charge in [-0.15, -0.1) is 0 Å². The summed E-state index contributed by atoms with van der Waals surface area (Å²) in [6.07, 6.45) is 2.19. The predicted octanol–water partition coefficient (Wildman–Crippen LogP) is 1.94. The van der Waals surface area contributed by atoms with Gasteiger partial charge >= 0.3 is 0 Å². The fraction of sp³-hybridized carbons (Fsp3) is 0.625. The summed E-state index contributed by atoms with van der Waals surface area (Å²) in [7, 11) is 1.38. The lowest BCUT2D eigenvalue weighted by Gasteiger charge is -2.53. The maximum absolute atomic E-state index is 14.0. The number of hydrogen-bond donors (Lipinski definition) is 2. The van der Waals surface area contributed by atoms with Crippen molar-refractivity contribution in [2.24, 2.45) is 0 Å². The van der Waals surface area contributed by atoms with Gasteiger partial charge in [-0.2, -0.15) is 0 Å². The van der Waals surface area contributed by atoms with Crippen molar-refractivity contribution in [2.45, 2.75) is 37.1 Å². The standard InChI is InChI=1S/C16H21F3N2O2/c1-23-15(10-5-6-11(17)14(19)13(10)18)21-8-16(22,9-21)12-4-2-3-7-20-12/h5-6,12,15,20,22H,2-4,7-9H2,1H3/t12-,15?/m0/s1. The Morgan fingerprint density at radius 3 is 2.61 bits per heavy atom. The second kappa shape index (κ2) is 6.39. The molecule has 1 aromatic carbocycles. The minimum Gasteiger partial charge on any atom is -0.386 e. The molecule has 23 heavy (non-hydrogen) atoms. The Labute approximate surface area is 133 Å². The molecule has 2 atom stereocenters.